The lowest BCUT2D eigenvalue weighted by molar-refractivity contribution is -0.0220. The van der Waals surface area contributed by atoms with Crippen molar-refractivity contribution in [2.45, 2.75) is 30.4 Å². The highest BCUT2D eigenvalue weighted by Crippen LogP contribution is 2.38. The highest BCUT2D eigenvalue weighted by atomic mass is 32.2. The normalized spacial score (nSPS) is 16.5. The van der Waals surface area contributed by atoms with E-state index in [1.807, 2.05) is 16.9 Å². The molecule has 0 saturated heterocycles. The lowest BCUT2D eigenvalue weighted by Crippen LogP contribution is -2.35. The van der Waals surface area contributed by atoms with E-state index >= 15 is 0 Å². The minimum absolute atomic E-state index is 0.121. The molecule has 0 fully saturated rings. The second kappa shape index (κ2) is 8.97. The number of aryl methyl sites for hydroxylation is 1. The first-order valence-corrected chi connectivity index (χ1v) is 12.4. The number of aliphatic hydroxyl groups is 1. The summed E-state index contributed by atoms with van der Waals surface area (Å²) in [6.45, 7) is 0. The summed E-state index contributed by atoms with van der Waals surface area (Å²) in [4.78, 5) is 16.8. The number of pyridine rings is 1. The van der Waals surface area contributed by atoms with Crippen molar-refractivity contribution >= 4 is 34.3 Å². The van der Waals surface area contributed by atoms with Crippen LogP contribution in [0.3, 0.4) is 0 Å². The molecule has 1 aliphatic carbocycles. The van der Waals surface area contributed by atoms with Gasteiger partial charge in [-0.25, -0.2) is 22.9 Å². The quantitative estimate of drug-likeness (QED) is 0.389. The number of urea groups is 1. The molecular weight excluding hydrogens is 473 g/mol. The van der Waals surface area contributed by atoms with Crippen LogP contribution in [-0.2, 0) is 27.5 Å². The van der Waals surface area contributed by atoms with Gasteiger partial charge in [-0.05, 0) is 59.6 Å². The van der Waals surface area contributed by atoms with Gasteiger partial charge in [0.25, 0.3) is 10.0 Å². The van der Waals surface area contributed by atoms with Crippen LogP contribution in [0.25, 0.3) is 11.1 Å². The number of aromatic nitrogens is 1. The molecule has 3 aromatic rings. The van der Waals surface area contributed by atoms with Crippen molar-refractivity contribution in [3.63, 3.8) is 0 Å². The molecule has 2 amide bonds. The largest absolute Gasteiger partial charge is 0.493 e. The van der Waals surface area contributed by atoms with Crippen LogP contribution in [0.2, 0.25) is 0 Å². The molecule has 5 rings (SSSR count). The zero-order chi connectivity index (χ0) is 24.7. The fourth-order valence-corrected chi connectivity index (χ4v) is 5.43. The van der Waals surface area contributed by atoms with E-state index in [2.05, 4.69) is 10.3 Å². The van der Waals surface area contributed by atoms with Gasteiger partial charge >= 0.3 is 13.1 Å². The van der Waals surface area contributed by atoms with Crippen LogP contribution in [-0.4, -0.2) is 43.8 Å². The Kier molecular flexibility index (Phi) is 5.97. The summed E-state index contributed by atoms with van der Waals surface area (Å²) in [6.07, 6.45) is 2.68. The van der Waals surface area contributed by atoms with Gasteiger partial charge in [-0.1, -0.05) is 18.2 Å². The summed E-state index contributed by atoms with van der Waals surface area (Å²) in [5.74, 6) is 0.411. The first-order valence-electron chi connectivity index (χ1n) is 10.9. The van der Waals surface area contributed by atoms with Crippen molar-refractivity contribution < 1.29 is 32.7 Å². The summed E-state index contributed by atoms with van der Waals surface area (Å²) in [5, 5.41) is 22.4. The number of sulfonamides is 1. The molecule has 4 N–H and O–H groups in total. The summed E-state index contributed by atoms with van der Waals surface area (Å²) in [7, 11) is -4.12. The maximum Gasteiger partial charge on any atom is 0.493 e. The molecule has 10 nitrogen and oxygen atoms in total. The number of nitrogens with zero attached hydrogens (tertiary/aromatic N) is 1. The second-order valence-electron chi connectivity index (χ2n) is 8.26. The minimum atomic E-state index is -4.28. The summed E-state index contributed by atoms with van der Waals surface area (Å²) < 4.78 is 37.9. The third-order valence-electron chi connectivity index (χ3n) is 6.16. The molecule has 0 bridgehead atoms. The predicted molar refractivity (Wildman–Crippen MR) is 128 cm³/mol. The third-order valence-corrected chi connectivity index (χ3v) is 7.49. The molecular formula is C23H22BN3O7S. The van der Waals surface area contributed by atoms with Gasteiger partial charge in [-0.3, -0.25) is 0 Å². The van der Waals surface area contributed by atoms with Gasteiger partial charge in [0.1, 0.15) is 0 Å². The molecule has 35 heavy (non-hydrogen) atoms. The highest BCUT2D eigenvalue weighted by molar-refractivity contribution is 7.90. The molecule has 0 radical (unpaired) electrons. The van der Waals surface area contributed by atoms with Crippen LogP contribution in [0.15, 0.2) is 53.6 Å². The molecule has 1 aromatic heterocycles. The average molecular weight is 495 g/mol. The van der Waals surface area contributed by atoms with Crippen LogP contribution >= 0.6 is 0 Å². The Morgan fingerprint density at radius 3 is 2.83 bits per heavy atom. The number of hydrogen-bond acceptors (Lipinski definition) is 8. The number of hydrogen-bond donors (Lipinski definition) is 4. The number of benzene rings is 2. The Bertz CT molecular complexity index is 1430. The van der Waals surface area contributed by atoms with Gasteiger partial charge in [0, 0.05) is 23.4 Å². The maximum atomic E-state index is 12.9. The van der Waals surface area contributed by atoms with Crippen molar-refractivity contribution in [2.75, 3.05) is 12.4 Å². The second-order valence-corrected chi connectivity index (χ2v) is 9.94. The molecule has 0 saturated carbocycles. The van der Waals surface area contributed by atoms with E-state index in [9.17, 15) is 23.3 Å². The van der Waals surface area contributed by atoms with Crippen LogP contribution < -0.4 is 20.2 Å². The number of fused-ring (bicyclic) bond motifs is 2. The minimum Gasteiger partial charge on any atom is -0.481 e. The molecule has 1 atom stereocenters. The Balaban J connectivity index is 1.44. The van der Waals surface area contributed by atoms with Crippen LogP contribution in [0, 0.1) is 0 Å². The monoisotopic (exact) mass is 495 g/mol. The zero-order valence-electron chi connectivity index (χ0n) is 18.7. The smallest absolute Gasteiger partial charge is 0.481 e. The fourth-order valence-electron chi connectivity index (χ4n) is 4.49. The maximum absolute atomic E-state index is 12.9. The summed E-state index contributed by atoms with van der Waals surface area (Å²) in [6, 6.07) is 10.2. The van der Waals surface area contributed by atoms with E-state index in [0.29, 0.717) is 17.1 Å². The molecule has 0 spiro atoms. The van der Waals surface area contributed by atoms with Gasteiger partial charge in [0.2, 0.25) is 5.88 Å². The molecule has 180 valence electrons. The van der Waals surface area contributed by atoms with E-state index in [-0.39, 0.29) is 15.9 Å². The molecule has 2 heterocycles. The van der Waals surface area contributed by atoms with E-state index in [4.69, 9.17) is 9.39 Å². The lowest BCUT2D eigenvalue weighted by atomic mass is 9.80. The Labute approximate surface area is 202 Å². The molecule has 1 unspecified atom stereocenters. The first kappa shape index (κ1) is 23.3. The van der Waals surface area contributed by atoms with Crippen LogP contribution in [0.4, 0.5) is 10.5 Å². The van der Waals surface area contributed by atoms with Crippen LogP contribution in [0.5, 0.6) is 5.88 Å². The van der Waals surface area contributed by atoms with E-state index in [1.165, 1.54) is 25.3 Å². The Hall–Kier alpha value is -3.45. The van der Waals surface area contributed by atoms with Crippen molar-refractivity contribution in [3.8, 4) is 17.0 Å². The molecule has 1 aliphatic heterocycles. The van der Waals surface area contributed by atoms with E-state index < -0.39 is 29.5 Å². The number of nitrogens with one attached hydrogen (secondary N) is 2. The SMILES string of the molecule is COc1cc(-c2ccc3c(c2NC(=O)NS(=O)(=O)c2ccc4c(c2)C(O)OB4O)CCC3)ccn1. The van der Waals surface area contributed by atoms with Crippen molar-refractivity contribution in [3.05, 3.63) is 65.4 Å². The van der Waals surface area contributed by atoms with Crippen molar-refractivity contribution in [1.29, 1.82) is 0 Å². The van der Waals surface area contributed by atoms with Gasteiger partial charge < -0.3 is 24.8 Å². The number of methoxy groups -OCH3 is 1. The number of ether oxygens (including phenoxy) is 1. The zero-order valence-corrected chi connectivity index (χ0v) is 19.5. The average Bonchev–Trinajstić information content (AvgIpc) is 3.43. The number of amides is 2. The Morgan fingerprint density at radius 1 is 1.20 bits per heavy atom. The van der Waals surface area contributed by atoms with Crippen molar-refractivity contribution in [2.24, 2.45) is 0 Å². The van der Waals surface area contributed by atoms with Crippen LogP contribution in [0.1, 0.15) is 29.4 Å². The number of anilines is 1. The first-order chi connectivity index (χ1) is 16.8. The number of rotatable bonds is 5. The predicted octanol–water partition coefficient (Wildman–Crippen LogP) is 1.46. The van der Waals surface area contributed by atoms with E-state index in [1.54, 1.807) is 18.3 Å². The number of aliphatic hydroxyl groups excluding tert-OH is 1. The van der Waals surface area contributed by atoms with Gasteiger partial charge in [0.05, 0.1) is 17.7 Å². The number of carbonyl (C=O) groups is 1. The van der Waals surface area contributed by atoms with Crippen molar-refractivity contribution in [1.82, 2.24) is 9.71 Å². The molecule has 2 aromatic carbocycles. The lowest BCUT2D eigenvalue weighted by Gasteiger charge is -2.17. The standard InChI is InChI=1S/C23H22BN3O7S/c1-33-20-11-14(9-10-25-20)17-7-5-13-3-2-4-16(13)21(17)26-23(29)27-35(31,32)15-6-8-19-18(12-15)22(28)34-24(19)30/h5-12,22,28,30H,2-4H2,1H3,(H2,26,27,29). The highest BCUT2D eigenvalue weighted by Gasteiger charge is 2.35. The summed E-state index contributed by atoms with van der Waals surface area (Å²) >= 11 is 0. The van der Waals surface area contributed by atoms with Gasteiger partial charge in [-0.15, -0.1) is 0 Å². The summed E-state index contributed by atoms with van der Waals surface area (Å²) in [5.41, 5.74) is 4.44. The topological polar surface area (TPSA) is 147 Å². The van der Waals surface area contributed by atoms with E-state index in [0.717, 1.165) is 36.0 Å². The fraction of sp³-hybridized carbons (Fsp3) is 0.217. The molecule has 12 heteroatoms. The molecule has 2 aliphatic rings. The number of carbonyl (C=O) groups excluding carboxylic acids is 1. The van der Waals surface area contributed by atoms with Gasteiger partial charge in [0.15, 0.2) is 6.29 Å². The third kappa shape index (κ3) is 4.36. The Morgan fingerprint density at radius 2 is 2.03 bits per heavy atom. The van der Waals surface area contributed by atoms with Gasteiger partial charge in [-0.2, -0.15) is 0 Å².